The van der Waals surface area contributed by atoms with Gasteiger partial charge < -0.3 is 14.2 Å². The molecule has 23 heavy (non-hydrogen) atoms. The maximum absolute atomic E-state index is 12.0. The summed E-state index contributed by atoms with van der Waals surface area (Å²) in [6, 6.07) is 8.52. The lowest BCUT2D eigenvalue weighted by Gasteiger charge is -2.17. The summed E-state index contributed by atoms with van der Waals surface area (Å²) in [6.45, 7) is 0.0270. The molecule has 1 heterocycles. The van der Waals surface area contributed by atoms with Crippen LogP contribution in [0.4, 0.5) is 0 Å². The molecule has 2 aromatic rings. The van der Waals surface area contributed by atoms with Gasteiger partial charge in [0.2, 0.25) is 0 Å². The number of carbonyl (C=O) groups is 2. The largest absolute Gasteiger partial charge is 0.451 e. The van der Waals surface area contributed by atoms with Crippen molar-refractivity contribution in [3.8, 4) is 0 Å². The van der Waals surface area contributed by atoms with E-state index in [4.69, 9.17) is 27.9 Å². The first-order valence-corrected chi connectivity index (χ1v) is 7.60. The van der Waals surface area contributed by atoms with Crippen LogP contribution in [0.1, 0.15) is 16.1 Å². The summed E-state index contributed by atoms with van der Waals surface area (Å²) in [5, 5.41) is 0.890. The number of esters is 1. The Morgan fingerprint density at radius 2 is 1.96 bits per heavy atom. The van der Waals surface area contributed by atoms with Crippen molar-refractivity contribution in [3.05, 3.63) is 57.8 Å². The van der Waals surface area contributed by atoms with E-state index >= 15 is 0 Å². The molecule has 0 radical (unpaired) electrons. The molecule has 122 valence electrons. The Morgan fingerprint density at radius 1 is 1.22 bits per heavy atom. The topological polar surface area (TPSA) is 51.5 Å². The molecule has 0 bridgehead atoms. The van der Waals surface area contributed by atoms with E-state index in [1.54, 1.807) is 55.2 Å². The van der Waals surface area contributed by atoms with Crippen molar-refractivity contribution in [3.63, 3.8) is 0 Å². The van der Waals surface area contributed by atoms with Gasteiger partial charge in [-0.05, 0) is 29.8 Å². The van der Waals surface area contributed by atoms with E-state index in [0.29, 0.717) is 22.3 Å². The summed E-state index contributed by atoms with van der Waals surface area (Å²) in [5.74, 6) is -0.840. The monoisotopic (exact) mass is 354 g/mol. The van der Waals surface area contributed by atoms with Crippen LogP contribution in [-0.4, -0.2) is 35.0 Å². The second-order valence-electron chi connectivity index (χ2n) is 5.08. The van der Waals surface area contributed by atoms with Gasteiger partial charge in [0.15, 0.2) is 6.61 Å². The lowest BCUT2D eigenvalue weighted by molar-refractivity contribution is -0.133. The summed E-state index contributed by atoms with van der Waals surface area (Å²) >= 11 is 11.8. The zero-order chi connectivity index (χ0) is 17.0. The molecular weight excluding hydrogens is 339 g/mol. The van der Waals surface area contributed by atoms with Crippen molar-refractivity contribution >= 4 is 35.1 Å². The van der Waals surface area contributed by atoms with E-state index in [-0.39, 0.29) is 12.5 Å². The molecule has 1 aromatic carbocycles. The van der Waals surface area contributed by atoms with Crippen LogP contribution in [0.15, 0.2) is 36.5 Å². The van der Waals surface area contributed by atoms with Crippen molar-refractivity contribution in [2.75, 3.05) is 13.7 Å². The van der Waals surface area contributed by atoms with E-state index in [1.807, 2.05) is 0 Å². The lowest BCUT2D eigenvalue weighted by Crippen LogP contribution is -2.31. The van der Waals surface area contributed by atoms with Crippen molar-refractivity contribution in [1.29, 1.82) is 0 Å². The maximum atomic E-state index is 12.0. The molecule has 1 aromatic heterocycles. The molecule has 0 atom stereocenters. The van der Waals surface area contributed by atoms with Crippen molar-refractivity contribution in [2.45, 2.75) is 6.54 Å². The van der Waals surface area contributed by atoms with Crippen LogP contribution in [-0.2, 0) is 23.1 Å². The smallest absolute Gasteiger partial charge is 0.355 e. The first kappa shape index (κ1) is 17.4. The summed E-state index contributed by atoms with van der Waals surface area (Å²) in [6.07, 6.45) is 1.73. The molecule has 0 saturated heterocycles. The SMILES string of the molecule is CN(Cc1ccc(Cl)c(Cl)c1)C(=O)COC(=O)c1cccn1C. The van der Waals surface area contributed by atoms with Gasteiger partial charge in [0, 0.05) is 26.8 Å². The molecule has 0 spiro atoms. The number of hydrogen-bond acceptors (Lipinski definition) is 3. The van der Waals surface area contributed by atoms with Gasteiger partial charge in [0.05, 0.1) is 10.0 Å². The maximum Gasteiger partial charge on any atom is 0.355 e. The third kappa shape index (κ3) is 4.50. The Kier molecular flexibility index (Phi) is 5.69. The van der Waals surface area contributed by atoms with Crippen LogP contribution in [0.5, 0.6) is 0 Å². The second kappa shape index (κ2) is 7.53. The quantitative estimate of drug-likeness (QED) is 0.775. The Morgan fingerprint density at radius 3 is 2.57 bits per heavy atom. The predicted octanol–water partition coefficient (Wildman–Crippen LogP) is 3.15. The Bertz CT molecular complexity index is 728. The van der Waals surface area contributed by atoms with E-state index in [9.17, 15) is 9.59 Å². The zero-order valence-electron chi connectivity index (χ0n) is 12.8. The number of aromatic nitrogens is 1. The Labute approximate surface area is 144 Å². The molecule has 1 amide bonds. The summed E-state index contributed by atoms with van der Waals surface area (Å²) in [7, 11) is 3.36. The van der Waals surface area contributed by atoms with Crippen LogP contribution in [0.25, 0.3) is 0 Å². The Hall–Kier alpha value is -1.98. The average molecular weight is 355 g/mol. The van der Waals surface area contributed by atoms with Crippen molar-refractivity contribution in [2.24, 2.45) is 7.05 Å². The minimum atomic E-state index is -0.534. The van der Waals surface area contributed by atoms with Crippen LogP contribution in [0, 0.1) is 0 Å². The van der Waals surface area contributed by atoms with Crippen LogP contribution < -0.4 is 0 Å². The molecule has 0 N–H and O–H groups in total. The van der Waals surface area contributed by atoms with Crippen LogP contribution in [0.2, 0.25) is 10.0 Å². The summed E-state index contributed by atoms with van der Waals surface area (Å²) in [4.78, 5) is 25.3. The molecule has 2 rings (SSSR count). The van der Waals surface area contributed by atoms with Crippen molar-refractivity contribution < 1.29 is 14.3 Å². The normalized spacial score (nSPS) is 10.4. The number of benzene rings is 1. The highest BCUT2D eigenvalue weighted by Gasteiger charge is 2.15. The lowest BCUT2D eigenvalue weighted by atomic mass is 10.2. The molecule has 0 saturated carbocycles. The molecular formula is C16H16Cl2N2O3. The fourth-order valence-corrected chi connectivity index (χ4v) is 2.31. The van der Waals surface area contributed by atoms with E-state index in [1.165, 1.54) is 4.90 Å². The summed E-state index contributed by atoms with van der Waals surface area (Å²) < 4.78 is 6.66. The number of nitrogens with zero attached hydrogens (tertiary/aromatic N) is 2. The van der Waals surface area contributed by atoms with Crippen LogP contribution in [0.3, 0.4) is 0 Å². The van der Waals surface area contributed by atoms with Gasteiger partial charge in [-0.2, -0.15) is 0 Å². The third-order valence-electron chi connectivity index (χ3n) is 3.31. The van der Waals surface area contributed by atoms with Gasteiger partial charge in [-0.1, -0.05) is 29.3 Å². The van der Waals surface area contributed by atoms with E-state index in [2.05, 4.69) is 0 Å². The second-order valence-corrected chi connectivity index (χ2v) is 5.89. The van der Waals surface area contributed by atoms with Crippen LogP contribution >= 0.6 is 23.2 Å². The van der Waals surface area contributed by atoms with Gasteiger partial charge in [-0.3, -0.25) is 4.79 Å². The molecule has 0 aliphatic rings. The number of aryl methyl sites for hydroxylation is 1. The highest BCUT2D eigenvalue weighted by atomic mass is 35.5. The fraction of sp³-hybridized carbons (Fsp3) is 0.250. The first-order valence-electron chi connectivity index (χ1n) is 6.85. The van der Waals surface area contributed by atoms with E-state index < -0.39 is 5.97 Å². The van der Waals surface area contributed by atoms with Gasteiger partial charge in [0.25, 0.3) is 5.91 Å². The Balaban J connectivity index is 1.88. The number of hydrogen-bond donors (Lipinski definition) is 0. The van der Waals surface area contributed by atoms with Gasteiger partial charge in [-0.25, -0.2) is 4.79 Å². The molecule has 7 heteroatoms. The molecule has 0 fully saturated rings. The molecule has 0 unspecified atom stereocenters. The number of ether oxygens (including phenoxy) is 1. The number of rotatable bonds is 5. The highest BCUT2D eigenvalue weighted by molar-refractivity contribution is 6.42. The minimum Gasteiger partial charge on any atom is -0.451 e. The van der Waals surface area contributed by atoms with Gasteiger partial charge >= 0.3 is 5.97 Å². The first-order chi connectivity index (χ1) is 10.9. The summed E-state index contributed by atoms with van der Waals surface area (Å²) in [5.41, 5.74) is 1.23. The number of carbonyl (C=O) groups excluding carboxylic acids is 2. The van der Waals surface area contributed by atoms with E-state index in [0.717, 1.165) is 5.56 Å². The number of halogens is 2. The standard InChI is InChI=1S/C16H16Cl2N2O3/c1-19-7-3-4-14(19)16(22)23-10-15(21)20(2)9-11-5-6-12(17)13(18)8-11/h3-8H,9-10H2,1-2H3. The van der Waals surface area contributed by atoms with Crippen molar-refractivity contribution in [1.82, 2.24) is 9.47 Å². The van der Waals surface area contributed by atoms with Gasteiger partial charge in [0.1, 0.15) is 5.69 Å². The highest BCUT2D eigenvalue weighted by Crippen LogP contribution is 2.23. The fourth-order valence-electron chi connectivity index (χ4n) is 1.98. The molecule has 0 aliphatic heterocycles. The van der Waals surface area contributed by atoms with Gasteiger partial charge in [-0.15, -0.1) is 0 Å². The third-order valence-corrected chi connectivity index (χ3v) is 4.05. The minimum absolute atomic E-state index is 0.307. The zero-order valence-corrected chi connectivity index (χ0v) is 14.3. The molecule has 0 aliphatic carbocycles. The number of likely N-dealkylation sites (N-methyl/N-ethyl adjacent to an activating group) is 1. The average Bonchev–Trinajstić information content (AvgIpc) is 2.94. The number of amides is 1. The predicted molar refractivity (Wildman–Crippen MR) is 88.6 cm³/mol. The molecule has 5 nitrogen and oxygen atoms in total.